The van der Waals surface area contributed by atoms with Crippen LogP contribution in [0.4, 0.5) is 0 Å². The highest BCUT2D eigenvalue weighted by molar-refractivity contribution is 6.16. The summed E-state index contributed by atoms with van der Waals surface area (Å²) in [5.41, 5.74) is 1.83. The van der Waals surface area contributed by atoms with Crippen molar-refractivity contribution in [2.45, 2.75) is 0 Å². The lowest BCUT2D eigenvalue weighted by Crippen LogP contribution is -2.38. The standard InChI is InChI=1S/C11H8N4/c1-3-8-4-5-9-6-7-12-11-14(2)13-10(8)15(9)11/h1,4-7H,2H3. The number of hydrogen-bond donors (Lipinski definition) is 0. The molecule has 0 bridgehead atoms. The first-order valence-corrected chi connectivity index (χ1v) is 4.57. The molecule has 0 unspecified atom stereocenters. The van der Waals surface area contributed by atoms with E-state index in [0.29, 0.717) is 0 Å². The molecular formula is C11H8N4. The largest absolute Gasteiger partial charge is 0.261 e. The molecule has 0 aromatic carbocycles. The van der Waals surface area contributed by atoms with Gasteiger partial charge in [-0.3, -0.25) is 4.90 Å². The monoisotopic (exact) mass is 196 g/mol. The van der Waals surface area contributed by atoms with Gasteiger partial charge >= 0.3 is 0 Å². The normalized spacial score (nSPS) is 21.3. The first kappa shape index (κ1) is 8.06. The van der Waals surface area contributed by atoms with Gasteiger partial charge in [0.05, 0.1) is 11.3 Å². The summed E-state index contributed by atoms with van der Waals surface area (Å²) >= 11 is 0. The quantitative estimate of drug-likeness (QED) is 0.539. The molecular weight excluding hydrogens is 188 g/mol. The van der Waals surface area contributed by atoms with Gasteiger partial charge in [0.15, 0.2) is 5.84 Å². The number of amidine groups is 1. The molecule has 72 valence electrons. The molecule has 3 aliphatic heterocycles. The van der Waals surface area contributed by atoms with Gasteiger partial charge in [0.25, 0.3) is 0 Å². The van der Waals surface area contributed by atoms with Crippen molar-refractivity contribution < 1.29 is 0 Å². The molecule has 3 aliphatic rings. The van der Waals surface area contributed by atoms with E-state index >= 15 is 0 Å². The van der Waals surface area contributed by atoms with Crippen molar-refractivity contribution >= 4 is 11.8 Å². The number of hydrazone groups is 1. The number of terminal acetylenes is 1. The summed E-state index contributed by atoms with van der Waals surface area (Å²) in [7, 11) is 1.86. The van der Waals surface area contributed by atoms with Crippen molar-refractivity contribution in [3.63, 3.8) is 0 Å². The maximum atomic E-state index is 5.42. The van der Waals surface area contributed by atoms with E-state index in [9.17, 15) is 0 Å². The molecule has 4 heteroatoms. The lowest BCUT2D eigenvalue weighted by atomic mass is 10.1. The second-order valence-electron chi connectivity index (χ2n) is 3.34. The molecule has 3 rings (SSSR count). The fourth-order valence-electron chi connectivity index (χ4n) is 1.77. The summed E-state index contributed by atoms with van der Waals surface area (Å²) in [4.78, 5) is 6.21. The van der Waals surface area contributed by atoms with Gasteiger partial charge in [-0.1, -0.05) is 5.92 Å². The Morgan fingerprint density at radius 1 is 1.40 bits per heavy atom. The predicted molar refractivity (Wildman–Crippen MR) is 58.6 cm³/mol. The molecule has 0 aromatic heterocycles. The molecule has 0 aliphatic carbocycles. The number of hydrogen-bond acceptors (Lipinski definition) is 4. The lowest BCUT2D eigenvalue weighted by Gasteiger charge is -2.26. The van der Waals surface area contributed by atoms with Crippen LogP contribution in [-0.2, 0) is 0 Å². The Morgan fingerprint density at radius 3 is 3.07 bits per heavy atom. The molecule has 0 spiro atoms. The first-order valence-electron chi connectivity index (χ1n) is 4.57. The summed E-state index contributed by atoms with van der Waals surface area (Å²) in [6, 6.07) is 0. The van der Waals surface area contributed by atoms with E-state index in [0.717, 1.165) is 23.1 Å². The highest BCUT2D eigenvalue weighted by Crippen LogP contribution is 2.27. The fourth-order valence-corrected chi connectivity index (χ4v) is 1.77. The molecule has 4 nitrogen and oxygen atoms in total. The second-order valence-corrected chi connectivity index (χ2v) is 3.34. The Balaban J connectivity index is 2.23. The molecule has 0 amide bonds. The minimum absolute atomic E-state index is 0.778. The molecule has 3 heterocycles. The van der Waals surface area contributed by atoms with Crippen molar-refractivity contribution in [3.8, 4) is 12.3 Å². The van der Waals surface area contributed by atoms with E-state index in [4.69, 9.17) is 6.42 Å². The third kappa shape index (κ3) is 0.919. The molecule has 0 N–H and O–H groups in total. The van der Waals surface area contributed by atoms with E-state index in [1.165, 1.54) is 0 Å². The van der Waals surface area contributed by atoms with E-state index in [1.807, 2.05) is 30.2 Å². The predicted octanol–water partition coefficient (Wildman–Crippen LogP) is 0.888. The Morgan fingerprint density at radius 2 is 2.27 bits per heavy atom. The highest BCUT2D eigenvalue weighted by atomic mass is 15.6. The summed E-state index contributed by atoms with van der Waals surface area (Å²) in [6.07, 6.45) is 13.0. The van der Waals surface area contributed by atoms with Gasteiger partial charge in [-0.15, -0.1) is 6.42 Å². The maximum absolute atomic E-state index is 5.42. The average Bonchev–Trinajstić information content (AvgIpc) is 2.60. The molecule has 0 fully saturated rings. The van der Waals surface area contributed by atoms with Crippen LogP contribution in [0.3, 0.4) is 0 Å². The lowest BCUT2D eigenvalue weighted by molar-refractivity contribution is 0.530. The van der Waals surface area contributed by atoms with Crippen LogP contribution >= 0.6 is 0 Å². The Hall–Kier alpha value is -2.28. The van der Waals surface area contributed by atoms with Gasteiger partial charge in [-0.25, -0.2) is 10.0 Å². The number of allylic oxidation sites excluding steroid dienone is 3. The zero-order valence-electron chi connectivity index (χ0n) is 8.18. The van der Waals surface area contributed by atoms with Crippen molar-refractivity contribution in [2.24, 2.45) is 10.1 Å². The summed E-state index contributed by atoms with van der Waals surface area (Å²) < 4.78 is 0. The third-order valence-electron chi connectivity index (χ3n) is 2.46. The van der Waals surface area contributed by atoms with Crippen LogP contribution in [0.1, 0.15) is 0 Å². The topological polar surface area (TPSA) is 31.2 Å². The van der Waals surface area contributed by atoms with Crippen LogP contribution in [-0.4, -0.2) is 28.8 Å². The van der Waals surface area contributed by atoms with Crippen molar-refractivity contribution in [3.05, 3.63) is 35.7 Å². The number of guanidine groups is 1. The Labute approximate surface area is 87.6 Å². The molecule has 0 radical (unpaired) electrons. The van der Waals surface area contributed by atoms with Crippen LogP contribution < -0.4 is 0 Å². The summed E-state index contributed by atoms with van der Waals surface area (Å²) in [5.74, 6) is 4.19. The van der Waals surface area contributed by atoms with Crippen LogP contribution in [0.5, 0.6) is 0 Å². The summed E-state index contributed by atoms with van der Waals surface area (Å²) in [5, 5.41) is 6.08. The number of nitrogens with zero attached hydrogens (tertiary/aromatic N) is 4. The van der Waals surface area contributed by atoms with Gasteiger partial charge in [0.1, 0.15) is 0 Å². The molecule has 0 aromatic rings. The van der Waals surface area contributed by atoms with Crippen LogP contribution in [0, 0.1) is 12.3 Å². The molecule has 0 saturated carbocycles. The second kappa shape index (κ2) is 2.61. The summed E-state index contributed by atoms with van der Waals surface area (Å²) in [6.45, 7) is 0. The van der Waals surface area contributed by atoms with Crippen molar-refractivity contribution in [1.29, 1.82) is 0 Å². The Bertz CT molecular complexity index is 525. The van der Waals surface area contributed by atoms with E-state index in [1.54, 1.807) is 11.2 Å². The van der Waals surface area contributed by atoms with Crippen LogP contribution in [0.2, 0.25) is 0 Å². The maximum Gasteiger partial charge on any atom is 0.232 e. The van der Waals surface area contributed by atoms with Crippen molar-refractivity contribution in [1.82, 2.24) is 9.91 Å². The van der Waals surface area contributed by atoms with Gasteiger partial charge < -0.3 is 0 Å². The minimum atomic E-state index is 0.778. The van der Waals surface area contributed by atoms with Gasteiger partial charge in [0.2, 0.25) is 5.96 Å². The van der Waals surface area contributed by atoms with Crippen LogP contribution in [0.15, 0.2) is 45.8 Å². The van der Waals surface area contributed by atoms with Gasteiger partial charge in [0, 0.05) is 13.2 Å². The Kier molecular flexibility index (Phi) is 1.40. The van der Waals surface area contributed by atoms with Gasteiger partial charge in [-0.05, 0) is 18.2 Å². The minimum Gasteiger partial charge on any atom is -0.261 e. The smallest absolute Gasteiger partial charge is 0.232 e. The molecule has 0 saturated heterocycles. The zero-order chi connectivity index (χ0) is 10.4. The van der Waals surface area contributed by atoms with Crippen LogP contribution in [0.25, 0.3) is 0 Å². The average molecular weight is 196 g/mol. The van der Waals surface area contributed by atoms with Crippen molar-refractivity contribution in [2.75, 3.05) is 7.05 Å². The van der Waals surface area contributed by atoms with E-state index in [2.05, 4.69) is 16.0 Å². The SMILES string of the molecule is C#CC1=CC=C2C=CN=C3N(C)N=C1N23. The zero-order valence-corrected chi connectivity index (χ0v) is 8.18. The third-order valence-corrected chi connectivity index (χ3v) is 2.46. The molecule has 15 heavy (non-hydrogen) atoms. The fraction of sp³-hybridized carbons (Fsp3) is 0.0909. The number of aliphatic imine (C=N–C) groups is 1. The van der Waals surface area contributed by atoms with E-state index in [-0.39, 0.29) is 0 Å². The first-order chi connectivity index (χ1) is 7.31. The number of rotatable bonds is 0. The highest BCUT2D eigenvalue weighted by Gasteiger charge is 2.34. The van der Waals surface area contributed by atoms with E-state index < -0.39 is 0 Å². The molecule has 0 atom stereocenters. The van der Waals surface area contributed by atoms with Gasteiger partial charge in [-0.2, -0.15) is 5.10 Å².